The second-order valence-electron chi connectivity index (χ2n) is 3.86. The molecule has 0 spiro atoms. The first-order chi connectivity index (χ1) is 8.99. The summed E-state index contributed by atoms with van der Waals surface area (Å²) < 4.78 is 23.6. The van der Waals surface area contributed by atoms with Crippen LogP contribution in [0.4, 0.5) is 4.39 Å². The molecule has 0 saturated carbocycles. The molecule has 0 saturated heterocycles. The molecule has 1 atom stereocenters. The van der Waals surface area contributed by atoms with Gasteiger partial charge in [-0.15, -0.1) is 12.4 Å². The average Bonchev–Trinajstić information content (AvgIpc) is 2.33. The highest BCUT2D eigenvalue weighted by Gasteiger charge is 2.17. The van der Waals surface area contributed by atoms with E-state index in [1.54, 1.807) is 13.8 Å². The predicted octanol–water partition coefficient (Wildman–Crippen LogP) is 3.25. The van der Waals surface area contributed by atoms with E-state index in [-0.39, 0.29) is 36.2 Å². The quantitative estimate of drug-likeness (QED) is 0.815. The van der Waals surface area contributed by atoms with Crippen LogP contribution in [0.25, 0.3) is 0 Å². The van der Waals surface area contributed by atoms with Crippen molar-refractivity contribution in [3.63, 3.8) is 0 Å². The van der Waals surface area contributed by atoms with Gasteiger partial charge in [-0.25, -0.2) is 4.39 Å². The highest BCUT2D eigenvalue weighted by molar-refractivity contribution is 6.32. The molecule has 4 nitrogen and oxygen atoms in total. The van der Waals surface area contributed by atoms with E-state index in [1.807, 2.05) is 0 Å². The van der Waals surface area contributed by atoms with E-state index in [4.69, 9.17) is 26.8 Å². The largest absolute Gasteiger partial charge is 0.489 e. The van der Waals surface area contributed by atoms with E-state index >= 15 is 0 Å². The molecule has 0 aliphatic heterocycles. The number of nitrogens with two attached hydrogens (primary N) is 1. The SMILES string of the molecule is CCOC(=O)C[C@H](N)c1cc(F)c(OCC)c(Cl)c1.Cl. The highest BCUT2D eigenvalue weighted by Crippen LogP contribution is 2.31. The lowest BCUT2D eigenvalue weighted by Crippen LogP contribution is -2.17. The van der Waals surface area contributed by atoms with Crippen LogP contribution in [0, 0.1) is 5.82 Å². The van der Waals surface area contributed by atoms with Gasteiger partial charge in [-0.1, -0.05) is 11.6 Å². The molecule has 0 bridgehead atoms. The maximum absolute atomic E-state index is 13.8. The predicted molar refractivity (Wildman–Crippen MR) is 78.0 cm³/mol. The van der Waals surface area contributed by atoms with Gasteiger partial charge in [0.15, 0.2) is 11.6 Å². The molecule has 0 heterocycles. The van der Waals surface area contributed by atoms with E-state index in [0.717, 1.165) is 0 Å². The van der Waals surface area contributed by atoms with Crippen LogP contribution in [0.3, 0.4) is 0 Å². The van der Waals surface area contributed by atoms with E-state index < -0.39 is 17.8 Å². The van der Waals surface area contributed by atoms with Crippen molar-refractivity contribution in [3.8, 4) is 5.75 Å². The van der Waals surface area contributed by atoms with Crippen LogP contribution in [-0.2, 0) is 9.53 Å². The van der Waals surface area contributed by atoms with Gasteiger partial charge in [0.05, 0.1) is 24.7 Å². The van der Waals surface area contributed by atoms with Gasteiger partial charge in [-0.05, 0) is 31.5 Å². The second kappa shape index (κ2) is 9.00. The Morgan fingerprint density at radius 3 is 2.55 bits per heavy atom. The van der Waals surface area contributed by atoms with Crippen molar-refractivity contribution < 1.29 is 18.7 Å². The van der Waals surface area contributed by atoms with E-state index in [9.17, 15) is 9.18 Å². The normalized spacial score (nSPS) is 11.4. The highest BCUT2D eigenvalue weighted by atomic mass is 35.5. The lowest BCUT2D eigenvalue weighted by molar-refractivity contribution is -0.143. The van der Waals surface area contributed by atoms with Gasteiger partial charge in [0, 0.05) is 6.04 Å². The van der Waals surface area contributed by atoms with E-state index in [0.29, 0.717) is 12.2 Å². The molecule has 0 radical (unpaired) electrons. The zero-order chi connectivity index (χ0) is 14.4. The third kappa shape index (κ3) is 5.15. The minimum atomic E-state index is -0.665. The molecule has 7 heteroatoms. The first kappa shape index (κ1) is 19.0. The Labute approximate surface area is 128 Å². The standard InChI is InChI=1S/C13H17ClFNO3.ClH/c1-3-18-12(17)7-11(16)8-5-9(14)13(19-4-2)10(15)6-8;/h5-6,11H,3-4,7,16H2,1-2H3;1H/t11-;/m0./s1. The summed E-state index contributed by atoms with van der Waals surface area (Å²) in [5.41, 5.74) is 6.25. The number of ether oxygens (including phenoxy) is 2. The van der Waals surface area contributed by atoms with Gasteiger partial charge in [0.25, 0.3) is 0 Å². The van der Waals surface area contributed by atoms with Gasteiger partial charge < -0.3 is 15.2 Å². The van der Waals surface area contributed by atoms with Crippen LogP contribution in [0.2, 0.25) is 5.02 Å². The fraction of sp³-hybridized carbons (Fsp3) is 0.462. The molecule has 1 aromatic carbocycles. The molecular weight excluding hydrogens is 308 g/mol. The zero-order valence-electron chi connectivity index (χ0n) is 11.3. The fourth-order valence-electron chi connectivity index (χ4n) is 1.59. The summed E-state index contributed by atoms with van der Waals surface area (Å²) in [7, 11) is 0. The number of halogens is 3. The molecule has 0 unspecified atom stereocenters. The Balaban J connectivity index is 0.00000361. The van der Waals surface area contributed by atoms with Crippen molar-refractivity contribution in [1.82, 2.24) is 0 Å². The van der Waals surface area contributed by atoms with Gasteiger partial charge >= 0.3 is 5.97 Å². The lowest BCUT2D eigenvalue weighted by atomic mass is 10.0. The smallest absolute Gasteiger partial charge is 0.307 e. The van der Waals surface area contributed by atoms with E-state index in [1.165, 1.54) is 12.1 Å². The number of hydrogen-bond donors (Lipinski definition) is 1. The van der Waals surface area contributed by atoms with Gasteiger partial charge in [0.2, 0.25) is 0 Å². The van der Waals surface area contributed by atoms with Crippen LogP contribution < -0.4 is 10.5 Å². The van der Waals surface area contributed by atoms with E-state index in [2.05, 4.69) is 0 Å². The summed E-state index contributed by atoms with van der Waals surface area (Å²) >= 11 is 5.92. The lowest BCUT2D eigenvalue weighted by Gasteiger charge is -2.14. The van der Waals surface area contributed by atoms with Crippen molar-refractivity contribution in [2.45, 2.75) is 26.3 Å². The third-order valence-corrected chi connectivity index (χ3v) is 2.71. The average molecular weight is 326 g/mol. The number of hydrogen-bond acceptors (Lipinski definition) is 4. The molecule has 20 heavy (non-hydrogen) atoms. The molecule has 0 fully saturated rings. The first-order valence-corrected chi connectivity index (χ1v) is 6.40. The summed E-state index contributed by atoms with van der Waals surface area (Å²) in [6.07, 6.45) is -0.0302. The van der Waals surface area contributed by atoms with Crippen LogP contribution in [0.1, 0.15) is 31.9 Å². The Bertz CT molecular complexity index is 434. The zero-order valence-corrected chi connectivity index (χ0v) is 12.9. The van der Waals surface area contributed by atoms with Gasteiger partial charge in [-0.2, -0.15) is 0 Å². The fourth-order valence-corrected chi connectivity index (χ4v) is 1.86. The summed E-state index contributed by atoms with van der Waals surface area (Å²) in [4.78, 5) is 11.3. The monoisotopic (exact) mass is 325 g/mol. The summed E-state index contributed by atoms with van der Waals surface area (Å²) in [6.45, 7) is 4.03. The molecule has 0 amide bonds. The Morgan fingerprint density at radius 1 is 1.40 bits per heavy atom. The molecular formula is C13H18Cl2FNO3. The number of rotatable bonds is 6. The number of carbonyl (C=O) groups is 1. The van der Waals surface area contributed by atoms with Gasteiger partial charge in [-0.3, -0.25) is 4.79 Å². The van der Waals surface area contributed by atoms with Crippen LogP contribution >= 0.6 is 24.0 Å². The molecule has 114 valence electrons. The molecule has 1 rings (SSSR count). The molecule has 0 aliphatic rings. The summed E-state index contributed by atoms with van der Waals surface area (Å²) in [5, 5.41) is 0.135. The Kier molecular flexibility index (Phi) is 8.53. The summed E-state index contributed by atoms with van der Waals surface area (Å²) in [6, 6.07) is 2.06. The minimum absolute atomic E-state index is 0. The Morgan fingerprint density at radius 2 is 2.05 bits per heavy atom. The molecule has 0 aliphatic carbocycles. The molecule has 0 aromatic heterocycles. The van der Waals surface area contributed by atoms with Crippen molar-refractivity contribution in [2.75, 3.05) is 13.2 Å². The molecule has 1 aromatic rings. The second-order valence-corrected chi connectivity index (χ2v) is 4.27. The Hall–Kier alpha value is -1.04. The van der Waals surface area contributed by atoms with Crippen molar-refractivity contribution >= 4 is 30.0 Å². The van der Waals surface area contributed by atoms with Crippen molar-refractivity contribution in [1.29, 1.82) is 0 Å². The third-order valence-electron chi connectivity index (χ3n) is 2.43. The van der Waals surface area contributed by atoms with Crippen molar-refractivity contribution in [3.05, 3.63) is 28.5 Å². The molecule has 2 N–H and O–H groups in total. The maximum Gasteiger partial charge on any atom is 0.307 e. The van der Waals surface area contributed by atoms with Crippen LogP contribution in [0.5, 0.6) is 5.75 Å². The maximum atomic E-state index is 13.8. The topological polar surface area (TPSA) is 61.5 Å². The first-order valence-electron chi connectivity index (χ1n) is 6.02. The number of carbonyl (C=O) groups excluding carboxylic acids is 1. The summed E-state index contributed by atoms with van der Waals surface area (Å²) in [5.74, 6) is -1.03. The minimum Gasteiger partial charge on any atom is -0.489 e. The van der Waals surface area contributed by atoms with Crippen molar-refractivity contribution in [2.24, 2.45) is 5.73 Å². The van der Waals surface area contributed by atoms with Gasteiger partial charge in [0.1, 0.15) is 0 Å². The number of esters is 1. The van der Waals surface area contributed by atoms with Crippen LogP contribution in [0.15, 0.2) is 12.1 Å². The van der Waals surface area contributed by atoms with Crippen LogP contribution in [-0.4, -0.2) is 19.2 Å². The number of benzene rings is 1.